The Morgan fingerprint density at radius 1 is 1.08 bits per heavy atom. The van der Waals surface area contributed by atoms with E-state index in [0.29, 0.717) is 29.0 Å². The molecule has 0 bridgehead atoms. The molecule has 3 aliphatic heterocycles. The van der Waals surface area contributed by atoms with E-state index in [1.54, 1.807) is 24.3 Å². The van der Waals surface area contributed by atoms with E-state index in [1.807, 2.05) is 6.07 Å². The lowest BCUT2D eigenvalue weighted by atomic mass is 9.98. The highest BCUT2D eigenvalue weighted by molar-refractivity contribution is 6.05. The fraction of sp³-hybridized carbons (Fsp3) is 0.483. The van der Waals surface area contributed by atoms with Gasteiger partial charge in [0.2, 0.25) is 11.8 Å². The monoisotopic (exact) mass is 523 g/mol. The van der Waals surface area contributed by atoms with E-state index in [1.165, 1.54) is 11.0 Å². The number of nitrogens with one attached hydrogen (secondary N) is 1. The van der Waals surface area contributed by atoms with Gasteiger partial charge in [-0.15, -0.1) is 0 Å². The van der Waals surface area contributed by atoms with E-state index < -0.39 is 11.9 Å². The van der Waals surface area contributed by atoms with Crippen LogP contribution in [0.15, 0.2) is 36.4 Å². The van der Waals surface area contributed by atoms with Crippen LogP contribution in [-0.4, -0.2) is 57.9 Å². The number of carbonyl (C=O) groups excluding carboxylic acids is 3. The number of rotatable bonds is 6. The number of imide groups is 1. The Hall–Kier alpha value is -3.30. The van der Waals surface area contributed by atoms with E-state index in [2.05, 4.69) is 37.9 Å². The molecular weight excluding hydrogens is 489 g/mol. The van der Waals surface area contributed by atoms with Gasteiger partial charge in [0, 0.05) is 42.7 Å². The molecule has 3 heterocycles. The Kier molecular flexibility index (Phi) is 6.77. The minimum absolute atomic E-state index is 0.00281. The summed E-state index contributed by atoms with van der Waals surface area (Å²) in [7, 11) is 0. The van der Waals surface area contributed by atoms with Gasteiger partial charge in [-0.25, -0.2) is 4.39 Å². The number of hydrogen-bond donors (Lipinski definition) is 1. The third-order valence-electron chi connectivity index (χ3n) is 7.20. The number of amides is 3. The van der Waals surface area contributed by atoms with Crippen molar-refractivity contribution in [2.45, 2.75) is 77.5 Å². The van der Waals surface area contributed by atoms with Crippen molar-refractivity contribution in [1.29, 1.82) is 0 Å². The first-order valence-electron chi connectivity index (χ1n) is 13.0. The molecule has 3 aliphatic rings. The summed E-state index contributed by atoms with van der Waals surface area (Å²) < 4.78 is 27.0. The topological polar surface area (TPSA) is 88.2 Å². The molecule has 1 atom stereocenters. The molecule has 38 heavy (non-hydrogen) atoms. The predicted molar refractivity (Wildman–Crippen MR) is 138 cm³/mol. The quantitative estimate of drug-likeness (QED) is 0.583. The first-order valence-corrected chi connectivity index (χ1v) is 13.0. The van der Waals surface area contributed by atoms with E-state index >= 15 is 0 Å². The van der Waals surface area contributed by atoms with Crippen LogP contribution in [0.2, 0.25) is 0 Å². The maximum Gasteiger partial charge on any atom is 0.255 e. The Labute approximate surface area is 222 Å². The highest BCUT2D eigenvalue weighted by Crippen LogP contribution is 2.34. The van der Waals surface area contributed by atoms with Crippen molar-refractivity contribution in [2.75, 3.05) is 13.1 Å². The van der Waals surface area contributed by atoms with Crippen LogP contribution in [0.4, 0.5) is 4.39 Å². The van der Waals surface area contributed by atoms with Crippen LogP contribution in [0.1, 0.15) is 67.6 Å². The predicted octanol–water partition coefficient (Wildman–Crippen LogP) is 3.56. The molecule has 0 saturated carbocycles. The maximum atomic E-state index is 14.8. The van der Waals surface area contributed by atoms with Crippen LogP contribution < -0.4 is 10.1 Å². The number of ether oxygens (including phenoxy) is 2. The van der Waals surface area contributed by atoms with Crippen molar-refractivity contribution in [2.24, 2.45) is 0 Å². The fourth-order valence-electron chi connectivity index (χ4n) is 6.00. The smallest absolute Gasteiger partial charge is 0.255 e. The average Bonchev–Trinajstić information content (AvgIpc) is 3.14. The van der Waals surface area contributed by atoms with Crippen LogP contribution in [0, 0.1) is 5.82 Å². The molecule has 202 valence electrons. The van der Waals surface area contributed by atoms with Crippen molar-refractivity contribution in [1.82, 2.24) is 15.1 Å². The number of nitrogens with zero attached hydrogens (tertiary/aromatic N) is 2. The number of piperidine rings is 1. The molecule has 2 saturated heterocycles. The number of benzene rings is 2. The van der Waals surface area contributed by atoms with Gasteiger partial charge in [0.25, 0.3) is 5.91 Å². The molecule has 0 aromatic heterocycles. The van der Waals surface area contributed by atoms with Crippen LogP contribution in [0.25, 0.3) is 0 Å². The second-order valence-electron chi connectivity index (χ2n) is 11.7. The summed E-state index contributed by atoms with van der Waals surface area (Å²) in [5.74, 6) is -0.942. The lowest BCUT2D eigenvalue weighted by Crippen LogP contribution is -2.56. The zero-order valence-electron chi connectivity index (χ0n) is 22.3. The molecule has 3 amide bonds. The Morgan fingerprint density at radius 2 is 1.82 bits per heavy atom. The second kappa shape index (κ2) is 9.78. The van der Waals surface area contributed by atoms with Gasteiger partial charge in [0.15, 0.2) is 0 Å². The summed E-state index contributed by atoms with van der Waals surface area (Å²) >= 11 is 0. The van der Waals surface area contributed by atoms with Crippen molar-refractivity contribution in [3.8, 4) is 5.75 Å². The van der Waals surface area contributed by atoms with E-state index in [4.69, 9.17) is 9.47 Å². The standard InChI is InChI=1S/C29H34FN3O5/c1-28(2)16-32(17-29(3,4)38-28)13-18-8-9-22(30)19(12-18)15-37-24-7-5-6-20-21(24)14-33(27(20)36)23-10-11-25(34)31-26(23)35/h5-9,12,23H,10-11,13-17H2,1-4H3,(H,31,34,35)/t23-/m0/s1. The van der Waals surface area contributed by atoms with Gasteiger partial charge in [-0.2, -0.15) is 0 Å². The van der Waals surface area contributed by atoms with Gasteiger partial charge >= 0.3 is 0 Å². The zero-order valence-corrected chi connectivity index (χ0v) is 22.3. The number of carbonyl (C=O) groups is 3. The second-order valence-corrected chi connectivity index (χ2v) is 11.7. The van der Waals surface area contributed by atoms with Gasteiger partial charge in [-0.3, -0.25) is 24.6 Å². The summed E-state index contributed by atoms with van der Waals surface area (Å²) in [5.41, 5.74) is 1.98. The highest BCUT2D eigenvalue weighted by atomic mass is 19.1. The van der Waals surface area contributed by atoms with Crippen LogP contribution >= 0.6 is 0 Å². The zero-order chi connectivity index (χ0) is 27.2. The largest absolute Gasteiger partial charge is 0.488 e. The third kappa shape index (κ3) is 5.44. The number of hydrogen-bond acceptors (Lipinski definition) is 6. The lowest BCUT2D eigenvalue weighted by molar-refractivity contribution is -0.182. The van der Waals surface area contributed by atoms with E-state index in [9.17, 15) is 18.8 Å². The Bertz CT molecular complexity index is 1270. The van der Waals surface area contributed by atoms with Crippen molar-refractivity contribution in [3.63, 3.8) is 0 Å². The number of morpholine rings is 1. The molecule has 2 aromatic rings. The molecule has 0 spiro atoms. The Balaban J connectivity index is 1.29. The molecule has 2 fully saturated rings. The summed E-state index contributed by atoms with van der Waals surface area (Å²) in [4.78, 5) is 40.8. The van der Waals surface area contributed by atoms with Crippen molar-refractivity contribution in [3.05, 3.63) is 64.5 Å². The Morgan fingerprint density at radius 3 is 2.53 bits per heavy atom. The minimum atomic E-state index is -0.704. The van der Waals surface area contributed by atoms with Crippen LogP contribution in [-0.2, 0) is 34.0 Å². The molecule has 5 rings (SSSR count). The van der Waals surface area contributed by atoms with Gasteiger partial charge in [-0.1, -0.05) is 12.1 Å². The lowest BCUT2D eigenvalue weighted by Gasteiger charge is -2.47. The SMILES string of the molecule is CC1(C)CN(Cc2ccc(F)c(COc3cccc4c3CN([C@H]3CCC(=O)NC3=O)C4=O)c2)CC(C)(C)O1. The number of fused-ring (bicyclic) bond motifs is 1. The van der Waals surface area contributed by atoms with Gasteiger partial charge < -0.3 is 14.4 Å². The van der Waals surface area contributed by atoms with Crippen molar-refractivity contribution < 1.29 is 28.2 Å². The van der Waals surface area contributed by atoms with Gasteiger partial charge in [0.05, 0.1) is 17.7 Å². The first-order chi connectivity index (χ1) is 17.9. The molecule has 8 nitrogen and oxygen atoms in total. The van der Waals surface area contributed by atoms with E-state index in [0.717, 1.165) is 18.7 Å². The maximum absolute atomic E-state index is 14.8. The summed E-state index contributed by atoms with van der Waals surface area (Å²) in [6.07, 6.45) is 0.477. The summed E-state index contributed by atoms with van der Waals surface area (Å²) in [6.45, 7) is 10.7. The number of halogens is 1. The van der Waals surface area contributed by atoms with Gasteiger partial charge in [-0.05, 0) is 63.9 Å². The fourth-order valence-corrected chi connectivity index (χ4v) is 6.00. The van der Waals surface area contributed by atoms with Crippen molar-refractivity contribution >= 4 is 17.7 Å². The average molecular weight is 524 g/mol. The molecule has 1 N–H and O–H groups in total. The first kappa shape index (κ1) is 26.3. The van der Waals surface area contributed by atoms with Crippen LogP contribution in [0.5, 0.6) is 5.75 Å². The molecule has 0 aliphatic carbocycles. The minimum Gasteiger partial charge on any atom is -0.488 e. The molecular formula is C29H34FN3O5. The van der Waals surface area contributed by atoms with Gasteiger partial charge in [0.1, 0.15) is 24.2 Å². The molecule has 9 heteroatoms. The van der Waals surface area contributed by atoms with E-state index in [-0.39, 0.29) is 54.8 Å². The molecule has 0 unspecified atom stereocenters. The van der Waals surface area contributed by atoms with Crippen LogP contribution in [0.3, 0.4) is 0 Å². The summed E-state index contributed by atoms with van der Waals surface area (Å²) in [6, 6.07) is 9.55. The highest BCUT2D eigenvalue weighted by Gasteiger charge is 2.40. The molecule has 2 aromatic carbocycles. The summed E-state index contributed by atoms with van der Waals surface area (Å²) in [5, 5.41) is 2.31. The normalized spacial score (nSPS) is 22.8. The third-order valence-corrected chi connectivity index (χ3v) is 7.20. The molecule has 0 radical (unpaired) electrons.